The smallest absolute Gasteiger partial charge is 0.326 e. The molecule has 0 aliphatic heterocycles. The molecule has 12 heteroatoms. The molecule has 9 N–H and O–H groups in total. The molecule has 136 valence electrons. The molecule has 24 heavy (non-hydrogen) atoms. The van der Waals surface area contributed by atoms with Gasteiger partial charge in [0, 0.05) is 6.42 Å². The second-order valence-electron chi connectivity index (χ2n) is 4.85. The number of rotatable bonds is 11. The Hall–Kier alpha value is -2.73. The largest absolute Gasteiger partial charge is 0.481 e. The quantitative estimate of drug-likeness (QED) is 0.193. The summed E-state index contributed by atoms with van der Waals surface area (Å²) >= 11 is 0. The highest BCUT2D eigenvalue weighted by molar-refractivity contribution is 5.93. The van der Waals surface area contributed by atoms with E-state index in [9.17, 15) is 24.0 Å². The summed E-state index contributed by atoms with van der Waals surface area (Å²) in [6.45, 7) is -0.710. The number of hydrogen-bond donors (Lipinski definition) is 7. The Balaban J connectivity index is 5.05. The molecule has 0 saturated heterocycles. The monoisotopic (exact) mass is 348 g/mol. The van der Waals surface area contributed by atoms with Crippen LogP contribution < -0.4 is 22.1 Å². The topological polar surface area (TPSA) is 222 Å². The van der Waals surface area contributed by atoms with Gasteiger partial charge in [-0.15, -0.1) is 0 Å². The zero-order valence-corrected chi connectivity index (χ0v) is 12.6. The van der Waals surface area contributed by atoms with Crippen LogP contribution in [-0.2, 0) is 24.0 Å². The van der Waals surface area contributed by atoms with Crippen LogP contribution in [0, 0.1) is 0 Å². The van der Waals surface area contributed by atoms with Crippen molar-refractivity contribution in [3.8, 4) is 0 Å². The lowest BCUT2D eigenvalue weighted by atomic mass is 10.1. The van der Waals surface area contributed by atoms with E-state index in [-0.39, 0.29) is 6.42 Å². The highest BCUT2D eigenvalue weighted by Crippen LogP contribution is 2.01. The van der Waals surface area contributed by atoms with Crippen molar-refractivity contribution >= 4 is 29.7 Å². The molecule has 0 fully saturated rings. The van der Waals surface area contributed by atoms with Crippen LogP contribution in [0.25, 0.3) is 0 Å². The molecule has 0 rings (SSSR count). The number of carboxylic acid groups (broad SMARTS) is 2. The molecule has 0 aliphatic carbocycles. The molecule has 3 atom stereocenters. The van der Waals surface area contributed by atoms with Crippen LogP contribution in [0.1, 0.15) is 19.3 Å². The molecular weight excluding hydrogens is 328 g/mol. The van der Waals surface area contributed by atoms with Gasteiger partial charge in [-0.25, -0.2) is 4.79 Å². The van der Waals surface area contributed by atoms with Gasteiger partial charge in [-0.2, -0.15) is 0 Å². The van der Waals surface area contributed by atoms with Crippen LogP contribution in [0.5, 0.6) is 0 Å². The summed E-state index contributed by atoms with van der Waals surface area (Å²) in [4.78, 5) is 56.1. The first-order valence-corrected chi connectivity index (χ1v) is 6.78. The molecule has 0 bridgehead atoms. The molecule has 0 aliphatic rings. The van der Waals surface area contributed by atoms with Gasteiger partial charge in [0.15, 0.2) is 0 Å². The zero-order valence-electron chi connectivity index (χ0n) is 12.6. The van der Waals surface area contributed by atoms with E-state index in [4.69, 9.17) is 26.8 Å². The number of amides is 3. The predicted molar refractivity (Wildman–Crippen MR) is 77.2 cm³/mol. The van der Waals surface area contributed by atoms with Gasteiger partial charge < -0.3 is 37.4 Å². The van der Waals surface area contributed by atoms with Gasteiger partial charge in [0.2, 0.25) is 17.7 Å². The van der Waals surface area contributed by atoms with Gasteiger partial charge in [0.1, 0.15) is 18.1 Å². The lowest BCUT2D eigenvalue weighted by Gasteiger charge is -2.21. The Morgan fingerprint density at radius 1 is 0.958 bits per heavy atom. The SMILES string of the molecule is NC(=O)C[C@H](NC(=O)[C@H](CCC(=O)O)NC(=O)[C@@H](N)CO)C(=O)O. The Morgan fingerprint density at radius 2 is 1.50 bits per heavy atom. The molecule has 0 aromatic rings. The molecule has 0 spiro atoms. The third-order valence-corrected chi connectivity index (χ3v) is 2.83. The second-order valence-corrected chi connectivity index (χ2v) is 4.85. The maximum Gasteiger partial charge on any atom is 0.326 e. The van der Waals surface area contributed by atoms with Crippen molar-refractivity contribution in [1.82, 2.24) is 10.6 Å². The minimum absolute atomic E-state index is 0.353. The lowest BCUT2D eigenvalue weighted by Crippen LogP contribution is -2.55. The Kier molecular flexibility index (Phi) is 8.97. The zero-order chi connectivity index (χ0) is 18.9. The highest BCUT2D eigenvalue weighted by Gasteiger charge is 2.29. The molecule has 0 saturated carbocycles. The van der Waals surface area contributed by atoms with Gasteiger partial charge in [-0.3, -0.25) is 19.2 Å². The number of aliphatic carboxylic acids is 2. The highest BCUT2D eigenvalue weighted by atomic mass is 16.4. The number of nitrogens with one attached hydrogen (secondary N) is 2. The maximum atomic E-state index is 12.1. The van der Waals surface area contributed by atoms with Gasteiger partial charge in [0.25, 0.3) is 0 Å². The van der Waals surface area contributed by atoms with E-state index < -0.39 is 67.2 Å². The third-order valence-electron chi connectivity index (χ3n) is 2.83. The Bertz CT molecular complexity index is 509. The average molecular weight is 348 g/mol. The number of nitrogens with two attached hydrogens (primary N) is 2. The van der Waals surface area contributed by atoms with Crippen molar-refractivity contribution in [2.45, 2.75) is 37.4 Å². The van der Waals surface area contributed by atoms with Crippen molar-refractivity contribution in [2.24, 2.45) is 11.5 Å². The van der Waals surface area contributed by atoms with Crippen molar-refractivity contribution in [3.05, 3.63) is 0 Å². The molecule has 0 unspecified atom stereocenters. The van der Waals surface area contributed by atoms with Crippen molar-refractivity contribution in [3.63, 3.8) is 0 Å². The van der Waals surface area contributed by atoms with E-state index in [1.54, 1.807) is 0 Å². The van der Waals surface area contributed by atoms with Crippen LogP contribution >= 0.6 is 0 Å². The van der Waals surface area contributed by atoms with E-state index in [0.29, 0.717) is 0 Å². The van der Waals surface area contributed by atoms with Crippen LogP contribution in [0.4, 0.5) is 0 Å². The molecule has 12 nitrogen and oxygen atoms in total. The fourth-order valence-corrected chi connectivity index (χ4v) is 1.57. The summed E-state index contributed by atoms with van der Waals surface area (Å²) < 4.78 is 0. The fourth-order valence-electron chi connectivity index (χ4n) is 1.57. The van der Waals surface area contributed by atoms with E-state index in [1.807, 2.05) is 5.32 Å². The maximum absolute atomic E-state index is 12.1. The minimum atomic E-state index is -1.63. The number of carbonyl (C=O) groups excluding carboxylic acids is 3. The van der Waals surface area contributed by atoms with Crippen LogP contribution in [0.2, 0.25) is 0 Å². The Morgan fingerprint density at radius 3 is 1.92 bits per heavy atom. The first-order valence-electron chi connectivity index (χ1n) is 6.78. The number of aliphatic hydroxyl groups is 1. The minimum Gasteiger partial charge on any atom is -0.481 e. The fraction of sp³-hybridized carbons (Fsp3) is 0.583. The van der Waals surface area contributed by atoms with E-state index in [0.717, 1.165) is 0 Å². The molecule has 0 radical (unpaired) electrons. The first kappa shape index (κ1) is 21.3. The summed E-state index contributed by atoms with van der Waals surface area (Å²) in [6, 6.07) is -4.39. The number of hydrogen-bond acceptors (Lipinski definition) is 7. The summed E-state index contributed by atoms with van der Waals surface area (Å²) in [5.74, 6) is -5.71. The van der Waals surface area contributed by atoms with E-state index in [1.165, 1.54) is 0 Å². The number of primary amides is 1. The van der Waals surface area contributed by atoms with Gasteiger partial charge in [-0.05, 0) is 6.42 Å². The summed E-state index contributed by atoms with van der Waals surface area (Å²) in [6.07, 6.45) is -1.54. The third kappa shape index (κ3) is 8.05. The average Bonchev–Trinajstić information content (AvgIpc) is 2.48. The van der Waals surface area contributed by atoms with E-state index >= 15 is 0 Å². The predicted octanol–water partition coefficient (Wildman–Crippen LogP) is -3.90. The summed E-state index contributed by atoms with van der Waals surface area (Å²) in [5, 5.41) is 30.5. The summed E-state index contributed by atoms with van der Waals surface area (Å²) in [7, 11) is 0. The molecular formula is C12H20N4O8. The second kappa shape index (κ2) is 10.1. The van der Waals surface area contributed by atoms with Crippen LogP contribution in [0.15, 0.2) is 0 Å². The summed E-state index contributed by atoms with van der Waals surface area (Å²) in [5.41, 5.74) is 10.1. The molecule has 3 amide bonds. The lowest BCUT2D eigenvalue weighted by molar-refractivity contribution is -0.144. The van der Waals surface area contributed by atoms with Crippen LogP contribution in [0.3, 0.4) is 0 Å². The molecule has 0 aromatic carbocycles. The number of carbonyl (C=O) groups is 5. The molecule has 0 heterocycles. The number of aliphatic hydroxyl groups excluding tert-OH is 1. The van der Waals surface area contributed by atoms with Gasteiger partial charge in [0.05, 0.1) is 13.0 Å². The van der Waals surface area contributed by atoms with E-state index in [2.05, 4.69) is 5.32 Å². The normalized spacial score (nSPS) is 14.1. The number of carboxylic acids is 2. The standard InChI is InChI=1S/C12H20N4O8/c13-5(4-17)10(21)15-6(1-2-9(19)20)11(22)16-7(12(23)24)3-8(14)18/h5-7,17H,1-4,13H2,(H2,14,18)(H,15,21)(H,16,22)(H,19,20)(H,23,24)/t5-,6-,7-/m0/s1. The van der Waals surface area contributed by atoms with Crippen LogP contribution in [-0.4, -0.2) is 69.7 Å². The first-order chi connectivity index (χ1) is 11.1. The molecule has 0 aromatic heterocycles. The van der Waals surface area contributed by atoms with Gasteiger partial charge in [-0.1, -0.05) is 0 Å². The van der Waals surface area contributed by atoms with Crippen molar-refractivity contribution < 1.29 is 39.3 Å². The van der Waals surface area contributed by atoms with Crippen molar-refractivity contribution in [2.75, 3.05) is 6.61 Å². The van der Waals surface area contributed by atoms with Gasteiger partial charge >= 0.3 is 11.9 Å². The Labute approximate surface area is 136 Å². The van der Waals surface area contributed by atoms with Crippen molar-refractivity contribution in [1.29, 1.82) is 0 Å².